The van der Waals surface area contributed by atoms with Crippen LogP contribution in [0.4, 0.5) is 11.4 Å². The number of nitrogens with one attached hydrogen (secondary N) is 2. The summed E-state index contributed by atoms with van der Waals surface area (Å²) in [5.74, 6) is 0. The van der Waals surface area contributed by atoms with Gasteiger partial charge in [-0.1, -0.05) is 29.8 Å². The van der Waals surface area contributed by atoms with Gasteiger partial charge < -0.3 is 10.2 Å². The molecule has 0 unspecified atom stereocenters. The maximum absolute atomic E-state index is 12.7. The summed E-state index contributed by atoms with van der Waals surface area (Å²) in [6.45, 7) is 4.29. The molecule has 26 heavy (non-hydrogen) atoms. The van der Waals surface area contributed by atoms with E-state index >= 15 is 0 Å². The van der Waals surface area contributed by atoms with Crippen LogP contribution in [0.3, 0.4) is 0 Å². The molecule has 8 heteroatoms. The zero-order valence-electron chi connectivity index (χ0n) is 14.3. The molecule has 4 rings (SSSR count). The molecule has 1 saturated heterocycles. The van der Waals surface area contributed by atoms with Crippen LogP contribution in [0.1, 0.15) is 11.1 Å². The number of benzene rings is 2. The van der Waals surface area contributed by atoms with Crippen molar-refractivity contribution in [1.29, 1.82) is 0 Å². The molecule has 2 N–H and O–H groups in total. The van der Waals surface area contributed by atoms with E-state index in [2.05, 4.69) is 21.0 Å². The predicted octanol–water partition coefficient (Wildman–Crippen LogP) is 2.10. The first-order valence-electron chi connectivity index (χ1n) is 8.64. The van der Waals surface area contributed by atoms with Crippen molar-refractivity contribution in [3.05, 3.63) is 58.6 Å². The predicted molar refractivity (Wildman–Crippen MR) is 105 cm³/mol. The van der Waals surface area contributed by atoms with Crippen molar-refractivity contribution in [2.75, 3.05) is 35.4 Å². The molecule has 1 fully saturated rings. The summed E-state index contributed by atoms with van der Waals surface area (Å²) in [7, 11) is -3.57. The molecule has 2 heterocycles. The number of halogens is 1. The zero-order valence-corrected chi connectivity index (χ0v) is 15.9. The van der Waals surface area contributed by atoms with Gasteiger partial charge in [-0.25, -0.2) is 0 Å². The van der Waals surface area contributed by atoms with Crippen LogP contribution in [-0.2, 0) is 23.3 Å². The van der Waals surface area contributed by atoms with E-state index in [1.165, 1.54) is 4.31 Å². The number of hydrogen-bond donors (Lipinski definition) is 2. The van der Waals surface area contributed by atoms with Gasteiger partial charge in [0.2, 0.25) is 0 Å². The van der Waals surface area contributed by atoms with Crippen LogP contribution in [0.2, 0.25) is 5.02 Å². The van der Waals surface area contributed by atoms with E-state index in [1.54, 1.807) is 12.1 Å². The second-order valence-electron chi connectivity index (χ2n) is 6.47. The van der Waals surface area contributed by atoms with Crippen molar-refractivity contribution in [2.24, 2.45) is 0 Å². The third-order valence-electron chi connectivity index (χ3n) is 4.81. The fourth-order valence-electron chi connectivity index (χ4n) is 3.48. The number of anilines is 2. The fourth-order valence-corrected chi connectivity index (χ4v) is 4.83. The van der Waals surface area contributed by atoms with Crippen molar-refractivity contribution in [1.82, 2.24) is 10.0 Å². The molecule has 0 amide bonds. The van der Waals surface area contributed by atoms with E-state index in [0.717, 1.165) is 48.7 Å². The van der Waals surface area contributed by atoms with E-state index < -0.39 is 10.2 Å². The zero-order chi connectivity index (χ0) is 18.1. The summed E-state index contributed by atoms with van der Waals surface area (Å²) in [6.07, 6.45) is 0. The van der Waals surface area contributed by atoms with E-state index in [-0.39, 0.29) is 6.54 Å². The molecule has 2 aliphatic rings. The normalized spacial score (nSPS) is 19.3. The van der Waals surface area contributed by atoms with Gasteiger partial charge in [-0.2, -0.15) is 13.1 Å². The van der Waals surface area contributed by atoms with Crippen molar-refractivity contribution in [3.8, 4) is 0 Å². The van der Waals surface area contributed by atoms with Gasteiger partial charge in [0.1, 0.15) is 0 Å². The van der Waals surface area contributed by atoms with Crippen molar-refractivity contribution < 1.29 is 8.42 Å². The second kappa shape index (κ2) is 7.08. The van der Waals surface area contributed by atoms with Gasteiger partial charge in [-0.05, 0) is 29.8 Å². The third kappa shape index (κ3) is 3.40. The average Bonchev–Trinajstić information content (AvgIpc) is 2.66. The van der Waals surface area contributed by atoms with Crippen LogP contribution in [0.5, 0.6) is 0 Å². The standard InChI is InChI=1S/C18H21ClN4O2S/c19-15-6-4-14(5-7-15)13-23-18-3-1-2-17(22-10-8-20-9-11-22)16(18)12-21-26(23,24)25/h1-7,20-21H,8-13H2. The first-order chi connectivity index (χ1) is 12.5. The Balaban J connectivity index is 1.72. The Morgan fingerprint density at radius 1 is 1.00 bits per heavy atom. The van der Waals surface area contributed by atoms with Crippen molar-refractivity contribution in [2.45, 2.75) is 13.1 Å². The van der Waals surface area contributed by atoms with Gasteiger partial charge in [0.05, 0.1) is 12.2 Å². The Hall–Kier alpha value is -1.80. The summed E-state index contributed by atoms with van der Waals surface area (Å²) in [5.41, 5.74) is 3.76. The van der Waals surface area contributed by atoms with E-state index in [4.69, 9.17) is 11.6 Å². The summed E-state index contributed by atoms with van der Waals surface area (Å²) in [6, 6.07) is 13.2. The van der Waals surface area contributed by atoms with Gasteiger partial charge in [0.25, 0.3) is 0 Å². The van der Waals surface area contributed by atoms with Gasteiger partial charge >= 0.3 is 10.2 Å². The highest BCUT2D eigenvalue weighted by Crippen LogP contribution is 2.35. The Bertz CT molecular complexity index is 896. The average molecular weight is 393 g/mol. The quantitative estimate of drug-likeness (QED) is 0.839. The lowest BCUT2D eigenvalue weighted by atomic mass is 10.1. The summed E-state index contributed by atoms with van der Waals surface area (Å²) in [5, 5.41) is 3.98. The van der Waals surface area contributed by atoms with Crippen LogP contribution in [0, 0.1) is 0 Å². The minimum absolute atomic E-state index is 0.268. The first-order valence-corrected chi connectivity index (χ1v) is 10.5. The fraction of sp³-hybridized carbons (Fsp3) is 0.333. The van der Waals surface area contributed by atoms with E-state index in [1.807, 2.05) is 24.3 Å². The monoisotopic (exact) mass is 392 g/mol. The largest absolute Gasteiger partial charge is 0.369 e. The maximum atomic E-state index is 12.7. The van der Waals surface area contributed by atoms with Crippen LogP contribution < -0.4 is 19.2 Å². The van der Waals surface area contributed by atoms with Crippen molar-refractivity contribution in [3.63, 3.8) is 0 Å². The van der Waals surface area contributed by atoms with Gasteiger partial charge in [-0.15, -0.1) is 0 Å². The van der Waals surface area contributed by atoms with Gasteiger partial charge in [0, 0.05) is 49.0 Å². The minimum atomic E-state index is -3.57. The molecule has 0 atom stereocenters. The Kier molecular flexibility index (Phi) is 4.79. The number of fused-ring (bicyclic) bond motifs is 1. The topological polar surface area (TPSA) is 64.7 Å². The van der Waals surface area contributed by atoms with Crippen molar-refractivity contribution >= 4 is 33.2 Å². The van der Waals surface area contributed by atoms with Crippen LogP contribution in [0.25, 0.3) is 0 Å². The smallest absolute Gasteiger partial charge is 0.302 e. The van der Waals surface area contributed by atoms with Gasteiger partial charge in [0.15, 0.2) is 0 Å². The molecule has 138 valence electrons. The lowest BCUT2D eigenvalue weighted by Gasteiger charge is -2.36. The van der Waals surface area contributed by atoms with Crippen LogP contribution in [-0.4, -0.2) is 34.6 Å². The maximum Gasteiger partial charge on any atom is 0.302 e. The lowest BCUT2D eigenvalue weighted by Crippen LogP contribution is -2.47. The van der Waals surface area contributed by atoms with Gasteiger partial charge in [-0.3, -0.25) is 4.31 Å². The Morgan fingerprint density at radius 2 is 1.69 bits per heavy atom. The molecule has 0 aliphatic carbocycles. The molecule has 0 aromatic heterocycles. The minimum Gasteiger partial charge on any atom is -0.369 e. The van der Waals surface area contributed by atoms with E-state index in [0.29, 0.717) is 11.6 Å². The molecule has 2 aromatic rings. The number of piperazine rings is 1. The second-order valence-corrected chi connectivity index (χ2v) is 8.59. The van der Waals surface area contributed by atoms with Crippen LogP contribution >= 0.6 is 11.6 Å². The molecule has 0 saturated carbocycles. The lowest BCUT2D eigenvalue weighted by molar-refractivity contribution is 0.568. The number of hydrogen-bond acceptors (Lipinski definition) is 4. The summed E-state index contributed by atoms with van der Waals surface area (Å²) >= 11 is 5.94. The number of rotatable bonds is 3. The highest BCUT2D eigenvalue weighted by Gasteiger charge is 2.31. The molecule has 0 spiro atoms. The first kappa shape index (κ1) is 17.6. The SMILES string of the molecule is O=S1(=O)NCc2c(N3CCNCC3)cccc2N1Cc1ccc(Cl)cc1. The Labute approximate surface area is 158 Å². The molecule has 2 aliphatic heterocycles. The molecule has 6 nitrogen and oxygen atoms in total. The molecular formula is C18H21ClN4O2S. The molecule has 0 radical (unpaired) electrons. The number of nitrogens with zero attached hydrogens (tertiary/aromatic N) is 2. The Morgan fingerprint density at radius 3 is 2.42 bits per heavy atom. The molecular weight excluding hydrogens is 372 g/mol. The van der Waals surface area contributed by atoms with E-state index in [9.17, 15) is 8.42 Å². The highest BCUT2D eigenvalue weighted by molar-refractivity contribution is 7.90. The molecule has 2 aromatic carbocycles. The molecule has 0 bridgehead atoms. The highest BCUT2D eigenvalue weighted by atomic mass is 35.5. The summed E-state index contributed by atoms with van der Waals surface area (Å²) in [4.78, 5) is 2.31. The summed E-state index contributed by atoms with van der Waals surface area (Å²) < 4.78 is 29.5. The van der Waals surface area contributed by atoms with Crippen LogP contribution in [0.15, 0.2) is 42.5 Å². The third-order valence-corrected chi connectivity index (χ3v) is 6.48.